The van der Waals surface area contributed by atoms with Crippen LogP contribution in [0.1, 0.15) is 45.7 Å². The Kier molecular flexibility index (Phi) is 9.49. The summed E-state index contributed by atoms with van der Waals surface area (Å²) >= 11 is 0. The summed E-state index contributed by atoms with van der Waals surface area (Å²) in [5, 5.41) is 27.2. The van der Waals surface area contributed by atoms with Gasteiger partial charge in [-0.15, -0.1) is 0 Å². The fourth-order valence-electron chi connectivity index (χ4n) is 6.28. The van der Waals surface area contributed by atoms with E-state index in [1.165, 1.54) is 4.90 Å². The molecule has 2 atom stereocenters. The quantitative estimate of drug-likeness (QED) is 0.118. The van der Waals surface area contributed by atoms with Gasteiger partial charge in [0.1, 0.15) is 18.5 Å². The molecule has 0 spiro atoms. The molecular weight excluding hydrogens is 626 g/mol. The molecule has 49 heavy (non-hydrogen) atoms. The van der Waals surface area contributed by atoms with Crippen LogP contribution in [-0.2, 0) is 33.9 Å². The zero-order valence-corrected chi connectivity index (χ0v) is 26.7. The van der Waals surface area contributed by atoms with Crippen molar-refractivity contribution in [3.63, 3.8) is 0 Å². The van der Waals surface area contributed by atoms with Crippen LogP contribution in [-0.4, -0.2) is 67.3 Å². The SMILES string of the molecule is Cc1nc2ccc3ccc(CNc4ccc5c(c4)C(=O)N([C@@H](CCC(=O)O)C(=O)N[C@@H](Cc4ccccc4)C(=O)CO)C5)cc3c2c(=O)[nH]1. The third-order valence-electron chi connectivity index (χ3n) is 8.77. The number of carbonyl (C=O) groups is 4. The molecule has 0 saturated carbocycles. The molecule has 0 aliphatic carbocycles. The summed E-state index contributed by atoms with van der Waals surface area (Å²) in [6.45, 7) is 1.43. The minimum atomic E-state index is -1.16. The van der Waals surface area contributed by atoms with E-state index in [-0.39, 0.29) is 31.4 Å². The van der Waals surface area contributed by atoms with E-state index in [0.717, 1.165) is 21.9 Å². The number of Topliss-reactive ketones (excluding diaryl/α,β-unsaturated/α-hetero) is 1. The lowest BCUT2D eigenvalue weighted by Crippen LogP contribution is -2.53. The lowest BCUT2D eigenvalue weighted by molar-refractivity contribution is -0.138. The standard InChI is InChI=1S/C37H35N5O7/c1-21-39-29-12-10-24-8-7-23(15-27(24)34(29)36(48)40-21)18-38-26-11-9-25-19-42(37(49)28(25)17-26)31(13-14-33(45)46)35(47)41-30(32(44)20-43)16-22-5-3-2-4-6-22/h2-12,15,17,30-31,38,43H,13-14,16,18-20H2,1H3,(H,41,47)(H,45,46)(H,39,40,48)/t30-,31-/m0/s1. The molecule has 12 nitrogen and oxygen atoms in total. The van der Waals surface area contributed by atoms with Crippen LogP contribution >= 0.6 is 0 Å². The summed E-state index contributed by atoms with van der Waals surface area (Å²) in [4.78, 5) is 72.8. The lowest BCUT2D eigenvalue weighted by Gasteiger charge is -2.28. The molecule has 4 aromatic carbocycles. The number of nitrogens with zero attached hydrogens (tertiary/aromatic N) is 2. The average molecular weight is 662 g/mol. The zero-order valence-electron chi connectivity index (χ0n) is 26.7. The highest BCUT2D eigenvalue weighted by atomic mass is 16.4. The third kappa shape index (κ3) is 7.19. The summed E-state index contributed by atoms with van der Waals surface area (Å²) in [6, 6.07) is 21.7. The number of carbonyl (C=O) groups excluding carboxylic acids is 3. The van der Waals surface area contributed by atoms with Gasteiger partial charge in [-0.25, -0.2) is 4.98 Å². The first-order valence-corrected chi connectivity index (χ1v) is 15.9. The number of ketones is 1. The predicted octanol–water partition coefficient (Wildman–Crippen LogP) is 3.47. The first-order chi connectivity index (χ1) is 23.6. The third-order valence-corrected chi connectivity index (χ3v) is 8.77. The molecular formula is C37H35N5O7. The van der Waals surface area contributed by atoms with E-state index < -0.39 is 42.3 Å². The van der Waals surface area contributed by atoms with Crippen LogP contribution in [0.4, 0.5) is 5.69 Å². The van der Waals surface area contributed by atoms with Gasteiger partial charge < -0.3 is 30.7 Å². The number of carboxylic acids is 1. The number of benzene rings is 4. The molecule has 1 aromatic heterocycles. The van der Waals surface area contributed by atoms with Crippen LogP contribution in [0.5, 0.6) is 0 Å². The van der Waals surface area contributed by atoms with Gasteiger partial charge in [0, 0.05) is 30.8 Å². The maximum Gasteiger partial charge on any atom is 0.303 e. The second-order valence-electron chi connectivity index (χ2n) is 12.1. The van der Waals surface area contributed by atoms with E-state index in [2.05, 4.69) is 20.6 Å². The van der Waals surface area contributed by atoms with Crippen LogP contribution in [0.3, 0.4) is 0 Å². The second-order valence-corrected chi connectivity index (χ2v) is 12.1. The highest BCUT2D eigenvalue weighted by Crippen LogP contribution is 2.30. The zero-order chi connectivity index (χ0) is 34.7. The molecule has 12 heteroatoms. The molecule has 0 saturated heterocycles. The number of rotatable bonds is 13. The molecule has 0 unspecified atom stereocenters. The molecule has 5 aromatic rings. The topological polar surface area (TPSA) is 182 Å². The number of hydrogen-bond acceptors (Lipinski definition) is 8. The Bertz CT molecular complexity index is 2150. The number of aryl methyl sites for hydroxylation is 1. The number of carboxylic acid groups (broad SMARTS) is 1. The van der Waals surface area contributed by atoms with Gasteiger partial charge in [0.15, 0.2) is 5.78 Å². The largest absolute Gasteiger partial charge is 0.481 e. The minimum absolute atomic E-state index is 0.0866. The van der Waals surface area contributed by atoms with Gasteiger partial charge >= 0.3 is 5.97 Å². The Hall–Kier alpha value is -5.88. The van der Waals surface area contributed by atoms with Crippen molar-refractivity contribution in [3.05, 3.63) is 117 Å². The number of hydrogen-bond donors (Lipinski definition) is 5. The van der Waals surface area contributed by atoms with E-state index >= 15 is 0 Å². The average Bonchev–Trinajstić information content (AvgIpc) is 3.41. The fraction of sp³-hybridized carbons (Fsp3) is 0.243. The van der Waals surface area contributed by atoms with Crippen molar-refractivity contribution in [2.75, 3.05) is 11.9 Å². The Morgan fingerprint density at radius 3 is 2.51 bits per heavy atom. The number of aromatic nitrogens is 2. The number of aliphatic carboxylic acids is 1. The van der Waals surface area contributed by atoms with E-state index in [1.54, 1.807) is 43.3 Å². The molecule has 1 aliphatic heterocycles. The monoisotopic (exact) mass is 661 g/mol. The molecule has 6 rings (SSSR count). The van der Waals surface area contributed by atoms with Crippen molar-refractivity contribution < 1.29 is 29.4 Å². The number of aromatic amines is 1. The van der Waals surface area contributed by atoms with Crippen LogP contribution in [0.25, 0.3) is 21.7 Å². The van der Waals surface area contributed by atoms with Gasteiger partial charge in [-0.3, -0.25) is 24.0 Å². The van der Waals surface area contributed by atoms with Gasteiger partial charge in [0.05, 0.1) is 16.9 Å². The number of aliphatic hydroxyl groups is 1. The van der Waals surface area contributed by atoms with Crippen molar-refractivity contribution in [1.82, 2.24) is 20.2 Å². The molecule has 0 bridgehead atoms. The number of fused-ring (bicyclic) bond motifs is 4. The normalized spacial score (nSPS) is 13.7. The van der Waals surface area contributed by atoms with Gasteiger partial charge in [-0.1, -0.05) is 54.6 Å². The van der Waals surface area contributed by atoms with E-state index in [1.807, 2.05) is 42.5 Å². The van der Waals surface area contributed by atoms with Crippen LogP contribution in [0, 0.1) is 6.92 Å². The van der Waals surface area contributed by atoms with Crippen molar-refractivity contribution in [2.45, 2.75) is 51.4 Å². The Labute approximate surface area is 280 Å². The maximum absolute atomic E-state index is 13.7. The van der Waals surface area contributed by atoms with Crippen LogP contribution < -0.4 is 16.2 Å². The number of nitrogens with one attached hydrogen (secondary N) is 3. The van der Waals surface area contributed by atoms with E-state index in [0.29, 0.717) is 40.1 Å². The Balaban J connectivity index is 1.19. The highest BCUT2D eigenvalue weighted by Gasteiger charge is 2.38. The molecule has 1 aliphatic rings. The number of H-pyrrole nitrogens is 1. The number of aliphatic hydroxyl groups excluding tert-OH is 1. The molecule has 5 N–H and O–H groups in total. The van der Waals surface area contributed by atoms with Crippen molar-refractivity contribution in [2.24, 2.45) is 0 Å². The van der Waals surface area contributed by atoms with Crippen LogP contribution in [0.2, 0.25) is 0 Å². The van der Waals surface area contributed by atoms with Gasteiger partial charge in [-0.2, -0.15) is 0 Å². The predicted molar refractivity (Wildman–Crippen MR) is 183 cm³/mol. The number of anilines is 1. The fourth-order valence-corrected chi connectivity index (χ4v) is 6.28. The van der Waals surface area contributed by atoms with Gasteiger partial charge in [-0.05, 0) is 71.5 Å². The van der Waals surface area contributed by atoms with Crippen molar-refractivity contribution in [1.29, 1.82) is 0 Å². The van der Waals surface area contributed by atoms with Crippen molar-refractivity contribution in [3.8, 4) is 0 Å². The summed E-state index contributed by atoms with van der Waals surface area (Å²) < 4.78 is 0. The molecule has 2 heterocycles. The Morgan fingerprint density at radius 2 is 1.76 bits per heavy atom. The van der Waals surface area contributed by atoms with Crippen LogP contribution in [0.15, 0.2) is 83.7 Å². The maximum atomic E-state index is 13.7. The molecule has 250 valence electrons. The molecule has 2 amide bonds. The first-order valence-electron chi connectivity index (χ1n) is 15.9. The molecule has 0 radical (unpaired) electrons. The smallest absolute Gasteiger partial charge is 0.303 e. The summed E-state index contributed by atoms with van der Waals surface area (Å²) in [5.41, 5.74) is 3.79. The van der Waals surface area contributed by atoms with E-state index in [9.17, 15) is 34.2 Å². The summed E-state index contributed by atoms with van der Waals surface area (Å²) in [7, 11) is 0. The van der Waals surface area contributed by atoms with Crippen molar-refractivity contribution >= 4 is 50.9 Å². The second kappa shape index (κ2) is 14.1. The highest BCUT2D eigenvalue weighted by molar-refractivity contribution is 6.06. The van der Waals surface area contributed by atoms with Gasteiger partial charge in [0.25, 0.3) is 11.5 Å². The summed E-state index contributed by atoms with van der Waals surface area (Å²) in [5.74, 6) is -2.29. The molecule has 0 fully saturated rings. The Morgan fingerprint density at radius 1 is 0.980 bits per heavy atom. The minimum Gasteiger partial charge on any atom is -0.481 e. The number of amides is 2. The summed E-state index contributed by atoms with van der Waals surface area (Å²) in [6.07, 6.45) is -0.405. The first kappa shape index (κ1) is 33.0. The van der Waals surface area contributed by atoms with E-state index in [4.69, 9.17) is 0 Å². The lowest BCUT2D eigenvalue weighted by atomic mass is 10.0. The van der Waals surface area contributed by atoms with Gasteiger partial charge in [0.2, 0.25) is 5.91 Å².